The van der Waals surface area contributed by atoms with Gasteiger partial charge in [-0.05, 0) is 44.7 Å². The molecule has 0 spiro atoms. The molecule has 2 N–H and O–H groups in total. The van der Waals surface area contributed by atoms with Crippen LogP contribution in [0.1, 0.15) is 46.3 Å². The summed E-state index contributed by atoms with van der Waals surface area (Å²) in [7, 11) is 0. The smallest absolute Gasteiger partial charge is 0.191 e. The molecule has 0 aliphatic rings. The van der Waals surface area contributed by atoms with Gasteiger partial charge in [0.15, 0.2) is 5.96 Å². The Kier molecular flexibility index (Phi) is 16.8. The van der Waals surface area contributed by atoms with E-state index in [0.29, 0.717) is 5.92 Å². The van der Waals surface area contributed by atoms with Gasteiger partial charge in [-0.15, -0.1) is 24.0 Å². The van der Waals surface area contributed by atoms with Gasteiger partial charge in [-0.2, -0.15) is 0 Å². The molecule has 1 aromatic heterocycles. The Labute approximate surface area is 181 Å². The molecule has 0 bridgehead atoms. The van der Waals surface area contributed by atoms with Gasteiger partial charge in [-0.3, -0.25) is 4.99 Å². The maximum Gasteiger partial charge on any atom is 0.191 e. The lowest BCUT2D eigenvalue weighted by Crippen LogP contribution is -2.40. The van der Waals surface area contributed by atoms with Crippen LogP contribution in [0.5, 0.6) is 0 Å². The number of halogens is 1. The van der Waals surface area contributed by atoms with Crippen molar-refractivity contribution >= 4 is 29.9 Å². The Morgan fingerprint density at radius 3 is 2.59 bits per heavy atom. The van der Waals surface area contributed by atoms with Crippen molar-refractivity contribution in [3.8, 4) is 0 Å². The van der Waals surface area contributed by atoms with Gasteiger partial charge in [0, 0.05) is 45.9 Å². The standard InChI is InChI=1S/C20H37N3O3.HI/c1-5-24-15-8-12-21-20(22-13-10-18-9-7-16-26-18)23-14-11-19(17(3)4)25-6-2;/h7,9,16-17,19H,5-6,8,10-15H2,1-4H3,(H2,21,22,23);1H. The van der Waals surface area contributed by atoms with E-state index in [2.05, 4.69) is 29.5 Å². The minimum Gasteiger partial charge on any atom is -0.469 e. The van der Waals surface area contributed by atoms with E-state index in [4.69, 9.17) is 13.9 Å². The molecular weight excluding hydrogens is 457 g/mol. The van der Waals surface area contributed by atoms with Crippen LogP contribution in [0.4, 0.5) is 0 Å². The lowest BCUT2D eigenvalue weighted by molar-refractivity contribution is 0.0258. The van der Waals surface area contributed by atoms with E-state index in [1.807, 2.05) is 26.0 Å². The van der Waals surface area contributed by atoms with Crippen molar-refractivity contribution in [2.24, 2.45) is 10.9 Å². The first-order chi connectivity index (χ1) is 12.7. The fourth-order valence-electron chi connectivity index (χ4n) is 2.59. The highest BCUT2D eigenvalue weighted by molar-refractivity contribution is 14.0. The predicted molar refractivity (Wildman–Crippen MR) is 122 cm³/mol. The minimum atomic E-state index is 0. The monoisotopic (exact) mass is 495 g/mol. The summed E-state index contributed by atoms with van der Waals surface area (Å²) >= 11 is 0. The van der Waals surface area contributed by atoms with Crippen LogP contribution in [-0.2, 0) is 15.9 Å². The largest absolute Gasteiger partial charge is 0.469 e. The molecule has 0 saturated carbocycles. The zero-order chi connectivity index (χ0) is 19.0. The molecule has 6 nitrogen and oxygen atoms in total. The number of nitrogens with zero attached hydrogens (tertiary/aromatic N) is 1. The van der Waals surface area contributed by atoms with Crippen molar-refractivity contribution in [1.82, 2.24) is 10.6 Å². The summed E-state index contributed by atoms with van der Waals surface area (Å²) in [5.41, 5.74) is 0. The van der Waals surface area contributed by atoms with Crippen LogP contribution in [0.2, 0.25) is 0 Å². The first-order valence-corrected chi connectivity index (χ1v) is 9.91. The van der Waals surface area contributed by atoms with Crippen molar-refractivity contribution < 1.29 is 13.9 Å². The molecular formula is C20H38IN3O3. The zero-order valence-electron chi connectivity index (χ0n) is 17.3. The van der Waals surface area contributed by atoms with Gasteiger partial charge < -0.3 is 24.5 Å². The van der Waals surface area contributed by atoms with Gasteiger partial charge in [0.25, 0.3) is 0 Å². The van der Waals surface area contributed by atoms with E-state index in [1.54, 1.807) is 6.26 Å². The molecule has 0 aliphatic heterocycles. The highest BCUT2D eigenvalue weighted by Gasteiger charge is 2.13. The summed E-state index contributed by atoms with van der Waals surface area (Å²) < 4.78 is 16.6. The Morgan fingerprint density at radius 2 is 1.96 bits per heavy atom. The normalized spacial score (nSPS) is 12.7. The van der Waals surface area contributed by atoms with E-state index in [-0.39, 0.29) is 30.1 Å². The molecule has 0 fully saturated rings. The Hall–Kier alpha value is -0.800. The molecule has 1 unspecified atom stereocenters. The van der Waals surface area contributed by atoms with Crippen LogP contribution in [0.15, 0.2) is 27.8 Å². The average molecular weight is 495 g/mol. The van der Waals surface area contributed by atoms with Gasteiger partial charge in [0.2, 0.25) is 0 Å². The number of nitrogens with one attached hydrogen (secondary N) is 2. The van der Waals surface area contributed by atoms with Gasteiger partial charge in [0.05, 0.1) is 12.4 Å². The van der Waals surface area contributed by atoms with Crippen LogP contribution in [0, 0.1) is 5.92 Å². The third-order valence-corrected chi connectivity index (χ3v) is 4.01. The van der Waals surface area contributed by atoms with Gasteiger partial charge in [-0.1, -0.05) is 13.8 Å². The van der Waals surface area contributed by atoms with E-state index in [1.165, 1.54) is 0 Å². The zero-order valence-corrected chi connectivity index (χ0v) is 19.7. The van der Waals surface area contributed by atoms with Crippen LogP contribution < -0.4 is 10.6 Å². The predicted octanol–water partition coefficient (Wildman–Crippen LogP) is 3.85. The molecule has 7 heteroatoms. The number of ether oxygens (including phenoxy) is 2. The second-order valence-corrected chi connectivity index (χ2v) is 6.49. The minimum absolute atomic E-state index is 0. The molecule has 1 atom stereocenters. The van der Waals surface area contributed by atoms with E-state index in [9.17, 15) is 0 Å². The topological polar surface area (TPSA) is 68.0 Å². The number of furan rings is 1. The molecule has 0 aromatic carbocycles. The summed E-state index contributed by atoms with van der Waals surface area (Å²) in [6.45, 7) is 13.1. The summed E-state index contributed by atoms with van der Waals surface area (Å²) in [5.74, 6) is 2.33. The Balaban J connectivity index is 0.00000676. The number of rotatable bonds is 14. The van der Waals surface area contributed by atoms with Crippen LogP contribution in [0.3, 0.4) is 0 Å². The molecule has 0 amide bonds. The summed E-state index contributed by atoms with van der Waals surface area (Å²) in [6, 6.07) is 3.90. The molecule has 27 heavy (non-hydrogen) atoms. The van der Waals surface area contributed by atoms with Crippen LogP contribution >= 0.6 is 24.0 Å². The maximum absolute atomic E-state index is 5.81. The molecule has 1 rings (SSSR count). The highest BCUT2D eigenvalue weighted by atomic mass is 127. The number of guanidine groups is 1. The van der Waals surface area contributed by atoms with Crippen molar-refractivity contribution in [3.05, 3.63) is 24.2 Å². The lowest BCUT2D eigenvalue weighted by atomic mass is 10.0. The Morgan fingerprint density at radius 1 is 1.19 bits per heavy atom. The van der Waals surface area contributed by atoms with Gasteiger partial charge in [-0.25, -0.2) is 0 Å². The highest BCUT2D eigenvalue weighted by Crippen LogP contribution is 2.09. The number of hydrogen-bond acceptors (Lipinski definition) is 4. The van der Waals surface area contributed by atoms with Crippen molar-refractivity contribution in [2.45, 2.75) is 53.1 Å². The third kappa shape index (κ3) is 13.1. The fraction of sp³-hybridized carbons (Fsp3) is 0.750. The molecule has 158 valence electrons. The molecule has 1 aromatic rings. The second-order valence-electron chi connectivity index (χ2n) is 6.49. The lowest BCUT2D eigenvalue weighted by Gasteiger charge is -2.21. The third-order valence-electron chi connectivity index (χ3n) is 4.01. The molecule has 0 radical (unpaired) electrons. The van der Waals surface area contributed by atoms with Crippen LogP contribution in [-0.4, -0.2) is 51.5 Å². The van der Waals surface area contributed by atoms with E-state index in [0.717, 1.165) is 70.4 Å². The fourth-order valence-corrected chi connectivity index (χ4v) is 2.59. The molecule has 0 aliphatic carbocycles. The first-order valence-electron chi connectivity index (χ1n) is 9.91. The summed E-state index contributed by atoms with van der Waals surface area (Å²) in [5, 5.41) is 6.80. The van der Waals surface area contributed by atoms with Crippen molar-refractivity contribution in [1.29, 1.82) is 0 Å². The number of hydrogen-bond donors (Lipinski definition) is 2. The van der Waals surface area contributed by atoms with E-state index >= 15 is 0 Å². The Bertz CT molecular complexity index is 467. The first kappa shape index (κ1) is 26.2. The second kappa shape index (κ2) is 17.3. The average Bonchev–Trinajstić information content (AvgIpc) is 3.13. The summed E-state index contributed by atoms with van der Waals surface area (Å²) in [6.07, 6.45) is 4.70. The quantitative estimate of drug-likeness (QED) is 0.178. The van der Waals surface area contributed by atoms with Gasteiger partial charge >= 0.3 is 0 Å². The summed E-state index contributed by atoms with van der Waals surface area (Å²) in [4.78, 5) is 4.65. The van der Waals surface area contributed by atoms with Crippen molar-refractivity contribution in [3.63, 3.8) is 0 Å². The molecule has 0 saturated heterocycles. The van der Waals surface area contributed by atoms with Gasteiger partial charge in [0.1, 0.15) is 5.76 Å². The van der Waals surface area contributed by atoms with Crippen LogP contribution in [0.25, 0.3) is 0 Å². The number of aliphatic imine (C=N–C) groups is 1. The van der Waals surface area contributed by atoms with E-state index < -0.39 is 0 Å². The molecule has 1 heterocycles. The van der Waals surface area contributed by atoms with Crippen molar-refractivity contribution in [2.75, 3.05) is 39.5 Å². The maximum atomic E-state index is 5.81. The SMILES string of the molecule is CCOCCCN=C(NCCc1ccco1)NCCC(OCC)C(C)C.I.